The first-order valence-corrected chi connectivity index (χ1v) is 19.0. The van der Waals surface area contributed by atoms with Gasteiger partial charge in [0.05, 0.1) is 19.8 Å². The Kier molecular flexibility index (Phi) is 33.0. The van der Waals surface area contributed by atoms with Crippen LogP contribution >= 0.6 is 0 Å². The number of nitrogens with zero attached hydrogens (tertiary/aromatic N) is 1. The minimum atomic E-state index is -0.517. The van der Waals surface area contributed by atoms with Crippen molar-refractivity contribution in [2.75, 3.05) is 39.5 Å². The van der Waals surface area contributed by atoms with Gasteiger partial charge in [0.2, 0.25) is 0 Å². The van der Waals surface area contributed by atoms with Crippen molar-refractivity contribution in [3.05, 3.63) is 12.2 Å². The van der Waals surface area contributed by atoms with Gasteiger partial charge in [-0.1, -0.05) is 104 Å². The summed E-state index contributed by atoms with van der Waals surface area (Å²) in [5.41, 5.74) is 0. The van der Waals surface area contributed by atoms with Gasteiger partial charge in [-0.15, -0.1) is 0 Å². The van der Waals surface area contributed by atoms with Crippen molar-refractivity contribution in [1.29, 1.82) is 0 Å². The topological polar surface area (TPSA) is 102 Å². The average molecular weight is 654 g/mol. The Balaban J connectivity index is 3.91. The van der Waals surface area contributed by atoms with Crippen molar-refractivity contribution in [2.24, 2.45) is 0 Å². The van der Waals surface area contributed by atoms with Gasteiger partial charge in [0, 0.05) is 25.1 Å². The molecule has 0 aromatic rings. The Morgan fingerprint density at radius 1 is 0.565 bits per heavy atom. The molecule has 0 aromatic carbocycles. The van der Waals surface area contributed by atoms with E-state index in [1.54, 1.807) is 0 Å². The molecule has 0 aromatic heterocycles. The van der Waals surface area contributed by atoms with Crippen LogP contribution < -0.4 is 0 Å². The molecule has 0 aliphatic carbocycles. The molecule has 0 fully saturated rings. The third-order valence-electron chi connectivity index (χ3n) is 8.29. The van der Waals surface area contributed by atoms with E-state index < -0.39 is 11.9 Å². The van der Waals surface area contributed by atoms with Gasteiger partial charge in [0.25, 0.3) is 0 Å². The van der Waals surface area contributed by atoms with Crippen LogP contribution in [0.1, 0.15) is 168 Å². The number of esters is 3. The van der Waals surface area contributed by atoms with Crippen LogP contribution in [-0.2, 0) is 28.6 Å². The highest BCUT2D eigenvalue weighted by molar-refractivity contribution is 5.91. The third kappa shape index (κ3) is 30.7. The number of rotatable bonds is 34. The lowest BCUT2D eigenvalue weighted by molar-refractivity contribution is -0.150. The highest BCUT2D eigenvalue weighted by Crippen LogP contribution is 2.17. The van der Waals surface area contributed by atoms with E-state index in [9.17, 15) is 19.5 Å². The summed E-state index contributed by atoms with van der Waals surface area (Å²) in [7, 11) is 0. The number of carbonyl (C=O) groups is 3. The number of ether oxygens (including phenoxy) is 3. The minimum absolute atomic E-state index is 0.0218. The van der Waals surface area contributed by atoms with Gasteiger partial charge in [0.15, 0.2) is 0 Å². The summed E-state index contributed by atoms with van der Waals surface area (Å²) in [5, 5.41) is 9.46. The zero-order valence-corrected chi connectivity index (χ0v) is 30.1. The quantitative estimate of drug-likeness (QED) is 0.0318. The highest BCUT2D eigenvalue weighted by atomic mass is 16.5. The summed E-state index contributed by atoms with van der Waals surface area (Å²) in [6.07, 6.45) is 26.6. The Hall–Kier alpha value is -1.93. The molecule has 1 atom stereocenters. The van der Waals surface area contributed by atoms with Crippen LogP contribution in [0.2, 0.25) is 0 Å². The van der Waals surface area contributed by atoms with Crippen LogP contribution in [0.4, 0.5) is 0 Å². The molecular formula is C38H71NO7. The monoisotopic (exact) mass is 654 g/mol. The van der Waals surface area contributed by atoms with Crippen LogP contribution in [0.5, 0.6) is 0 Å². The van der Waals surface area contributed by atoms with Crippen LogP contribution in [0.25, 0.3) is 0 Å². The first-order valence-electron chi connectivity index (χ1n) is 19.0. The fourth-order valence-corrected chi connectivity index (χ4v) is 5.44. The Labute approximate surface area is 282 Å². The molecule has 0 saturated heterocycles. The maximum Gasteiger partial charge on any atom is 0.331 e. The van der Waals surface area contributed by atoms with Gasteiger partial charge < -0.3 is 24.2 Å². The van der Waals surface area contributed by atoms with E-state index in [2.05, 4.69) is 25.7 Å². The second kappa shape index (κ2) is 34.4. The molecule has 0 amide bonds. The van der Waals surface area contributed by atoms with Gasteiger partial charge in [-0.2, -0.15) is 0 Å². The normalized spacial score (nSPS) is 12.1. The molecule has 8 nitrogen and oxygen atoms in total. The molecule has 8 heteroatoms. The zero-order chi connectivity index (χ0) is 33.9. The molecule has 0 bridgehead atoms. The van der Waals surface area contributed by atoms with Crippen LogP contribution in [-0.4, -0.2) is 73.5 Å². The first kappa shape index (κ1) is 44.1. The van der Waals surface area contributed by atoms with Crippen molar-refractivity contribution in [1.82, 2.24) is 4.90 Å². The molecule has 270 valence electrons. The number of carbonyl (C=O) groups excluding carboxylic acids is 3. The molecule has 0 saturated carbocycles. The largest absolute Gasteiger partial charge is 0.463 e. The van der Waals surface area contributed by atoms with Gasteiger partial charge in [-0.05, 0) is 70.9 Å². The van der Waals surface area contributed by atoms with Gasteiger partial charge >= 0.3 is 17.9 Å². The van der Waals surface area contributed by atoms with E-state index in [0.717, 1.165) is 134 Å². The van der Waals surface area contributed by atoms with Crippen LogP contribution in [0, 0.1) is 0 Å². The Morgan fingerprint density at radius 3 is 1.54 bits per heavy atom. The first-order chi connectivity index (χ1) is 22.5. The summed E-state index contributed by atoms with van der Waals surface area (Å²) < 4.78 is 16.1. The fraction of sp³-hybridized carbons (Fsp3) is 0.868. The summed E-state index contributed by atoms with van der Waals surface area (Å²) in [6, 6.07) is 0. The lowest BCUT2D eigenvalue weighted by Gasteiger charge is -2.21. The van der Waals surface area contributed by atoms with E-state index >= 15 is 0 Å². The van der Waals surface area contributed by atoms with Crippen molar-refractivity contribution < 1.29 is 33.7 Å². The standard InChI is InChI=1S/C38H71NO7/c1-4-7-10-18-25-35(24-17-9-6-3)46-38(43)26-19-13-12-14-20-29-39(31-32-40)30-21-15-16-23-34-45-37(42)28-27-36(41)44-33-22-11-8-5-2/h27-28,35,40H,4-26,29-34H2,1-3H3/b28-27-. The predicted octanol–water partition coefficient (Wildman–Crippen LogP) is 8.87. The average Bonchev–Trinajstić information content (AvgIpc) is 3.04. The SMILES string of the molecule is CCCCCCOC(=O)/C=C\C(=O)OCCCCCCN(CCO)CCCCCCCC(=O)OC(CCCCC)CCCCCC. The fourth-order valence-electron chi connectivity index (χ4n) is 5.44. The highest BCUT2D eigenvalue weighted by Gasteiger charge is 2.14. The maximum absolute atomic E-state index is 12.4. The van der Waals surface area contributed by atoms with E-state index in [0.29, 0.717) is 26.2 Å². The van der Waals surface area contributed by atoms with E-state index in [1.165, 1.54) is 32.1 Å². The van der Waals surface area contributed by atoms with Crippen molar-refractivity contribution in [2.45, 2.75) is 175 Å². The van der Waals surface area contributed by atoms with Gasteiger partial charge in [-0.3, -0.25) is 4.79 Å². The number of aliphatic hydroxyl groups excluding tert-OH is 1. The van der Waals surface area contributed by atoms with Gasteiger partial charge in [-0.25, -0.2) is 9.59 Å². The number of unbranched alkanes of at least 4 members (excludes halogenated alkanes) is 15. The molecule has 0 heterocycles. The molecule has 0 radical (unpaired) electrons. The molecular weight excluding hydrogens is 582 g/mol. The smallest absolute Gasteiger partial charge is 0.331 e. The van der Waals surface area contributed by atoms with Crippen molar-refractivity contribution >= 4 is 17.9 Å². The molecule has 0 aliphatic heterocycles. The van der Waals surface area contributed by atoms with Crippen molar-refractivity contribution in [3.63, 3.8) is 0 Å². The lowest BCUT2D eigenvalue weighted by atomic mass is 10.0. The zero-order valence-electron chi connectivity index (χ0n) is 30.1. The maximum atomic E-state index is 12.4. The summed E-state index contributed by atoms with van der Waals surface area (Å²) in [4.78, 5) is 38.2. The number of aliphatic hydroxyl groups is 1. The molecule has 0 aliphatic rings. The molecule has 1 unspecified atom stereocenters. The number of hydrogen-bond acceptors (Lipinski definition) is 8. The number of hydrogen-bond donors (Lipinski definition) is 1. The Bertz CT molecular complexity index is 743. The van der Waals surface area contributed by atoms with Crippen LogP contribution in [0.15, 0.2) is 12.2 Å². The van der Waals surface area contributed by atoms with E-state index in [1.807, 2.05) is 0 Å². The Morgan fingerprint density at radius 2 is 1.00 bits per heavy atom. The predicted molar refractivity (Wildman–Crippen MR) is 188 cm³/mol. The summed E-state index contributed by atoms with van der Waals surface area (Å²) in [5.74, 6) is -1.05. The molecule has 1 N–H and O–H groups in total. The van der Waals surface area contributed by atoms with E-state index in [4.69, 9.17) is 14.2 Å². The third-order valence-corrected chi connectivity index (χ3v) is 8.29. The summed E-state index contributed by atoms with van der Waals surface area (Å²) in [6.45, 7) is 10.1. The lowest BCUT2D eigenvalue weighted by Crippen LogP contribution is -2.29. The minimum Gasteiger partial charge on any atom is -0.463 e. The van der Waals surface area contributed by atoms with E-state index in [-0.39, 0.29) is 18.7 Å². The molecule has 0 spiro atoms. The van der Waals surface area contributed by atoms with Crippen molar-refractivity contribution in [3.8, 4) is 0 Å². The van der Waals surface area contributed by atoms with Gasteiger partial charge in [0.1, 0.15) is 6.10 Å². The molecule has 0 rings (SSSR count). The van der Waals surface area contributed by atoms with Crippen LogP contribution in [0.3, 0.4) is 0 Å². The molecule has 46 heavy (non-hydrogen) atoms. The summed E-state index contributed by atoms with van der Waals surface area (Å²) >= 11 is 0. The second-order valence-electron chi connectivity index (χ2n) is 12.7. The second-order valence-corrected chi connectivity index (χ2v) is 12.7.